The topological polar surface area (TPSA) is 21.7 Å². The lowest BCUT2D eigenvalue weighted by molar-refractivity contribution is 0.126. The minimum Gasteiger partial charge on any atom is -0.496 e. The molecular formula is C19H31NO2. The van der Waals surface area contributed by atoms with Gasteiger partial charge in [-0.15, -0.1) is 0 Å². The minimum atomic E-state index is 0.494. The van der Waals surface area contributed by atoms with Gasteiger partial charge < -0.3 is 9.47 Å². The molecule has 1 aliphatic rings. The first kappa shape index (κ1) is 17.1. The van der Waals surface area contributed by atoms with Crippen LogP contribution in [0.25, 0.3) is 0 Å². The van der Waals surface area contributed by atoms with Crippen LogP contribution in [0.2, 0.25) is 0 Å². The monoisotopic (exact) mass is 305 g/mol. The Morgan fingerprint density at radius 1 is 1.09 bits per heavy atom. The molecule has 1 saturated heterocycles. The van der Waals surface area contributed by atoms with Crippen molar-refractivity contribution < 1.29 is 9.47 Å². The maximum Gasteiger partial charge on any atom is 0.130 e. The van der Waals surface area contributed by atoms with Crippen molar-refractivity contribution in [3.8, 4) is 11.5 Å². The predicted octanol–water partition coefficient (Wildman–Crippen LogP) is 4.28. The lowest BCUT2D eigenvalue weighted by Crippen LogP contribution is -2.36. The molecule has 0 N–H and O–H groups in total. The van der Waals surface area contributed by atoms with Crippen molar-refractivity contribution in [3.63, 3.8) is 0 Å². The third-order valence-corrected chi connectivity index (χ3v) is 4.83. The second-order valence-corrected chi connectivity index (χ2v) is 7.13. The van der Waals surface area contributed by atoms with Crippen molar-refractivity contribution in [2.45, 2.75) is 53.0 Å². The van der Waals surface area contributed by atoms with Crippen LogP contribution in [0.3, 0.4) is 0 Å². The van der Waals surface area contributed by atoms with Gasteiger partial charge in [-0.1, -0.05) is 33.3 Å². The fourth-order valence-electron chi connectivity index (χ4n) is 3.27. The van der Waals surface area contributed by atoms with Crippen LogP contribution in [-0.4, -0.2) is 32.2 Å². The van der Waals surface area contributed by atoms with Gasteiger partial charge in [0.05, 0.1) is 14.2 Å². The molecule has 0 bridgehead atoms. The molecule has 0 radical (unpaired) electrons. The zero-order chi connectivity index (χ0) is 16.2. The second kappa shape index (κ2) is 7.36. The number of hydrogen-bond donors (Lipinski definition) is 0. The fraction of sp³-hybridized carbons (Fsp3) is 0.684. The molecule has 0 amide bonds. The van der Waals surface area contributed by atoms with Crippen LogP contribution in [0.15, 0.2) is 12.1 Å². The Morgan fingerprint density at radius 3 is 2.32 bits per heavy atom. The van der Waals surface area contributed by atoms with Gasteiger partial charge in [0.2, 0.25) is 0 Å². The number of hydrogen-bond acceptors (Lipinski definition) is 3. The van der Waals surface area contributed by atoms with Crippen molar-refractivity contribution >= 4 is 0 Å². The molecule has 0 spiro atoms. The summed E-state index contributed by atoms with van der Waals surface area (Å²) in [7, 11) is 3.51. The van der Waals surface area contributed by atoms with E-state index in [1.807, 2.05) is 0 Å². The molecule has 0 unspecified atom stereocenters. The van der Waals surface area contributed by atoms with E-state index in [-0.39, 0.29) is 0 Å². The summed E-state index contributed by atoms with van der Waals surface area (Å²) < 4.78 is 11.3. The standard InChI is InChI=1S/C19H31NO2/c1-6-7-16-17(21-4)9-8-15(18(16)22-5)14-20-12-10-19(2,3)11-13-20/h8-9H,6-7,10-14H2,1-5H3. The molecule has 2 rings (SSSR count). The second-order valence-electron chi connectivity index (χ2n) is 7.13. The zero-order valence-electron chi connectivity index (χ0n) is 14.9. The SMILES string of the molecule is CCCc1c(OC)ccc(CN2CCC(C)(C)CC2)c1OC. The van der Waals surface area contributed by atoms with E-state index in [2.05, 4.69) is 37.8 Å². The molecule has 0 saturated carbocycles. The van der Waals surface area contributed by atoms with Crippen LogP contribution in [-0.2, 0) is 13.0 Å². The molecule has 1 aliphatic heterocycles. The van der Waals surface area contributed by atoms with Crippen LogP contribution in [0, 0.1) is 5.41 Å². The van der Waals surface area contributed by atoms with Crippen LogP contribution in [0.5, 0.6) is 11.5 Å². The molecule has 0 atom stereocenters. The summed E-state index contributed by atoms with van der Waals surface area (Å²) in [5.74, 6) is 1.97. The summed E-state index contributed by atoms with van der Waals surface area (Å²) >= 11 is 0. The average molecular weight is 305 g/mol. The first-order chi connectivity index (χ1) is 10.5. The molecule has 0 aliphatic carbocycles. The maximum atomic E-state index is 5.75. The number of rotatable bonds is 6. The molecular weight excluding hydrogens is 274 g/mol. The summed E-state index contributed by atoms with van der Waals surface area (Å²) in [6.07, 6.45) is 4.63. The third-order valence-electron chi connectivity index (χ3n) is 4.83. The smallest absolute Gasteiger partial charge is 0.130 e. The highest BCUT2D eigenvalue weighted by atomic mass is 16.5. The van der Waals surface area contributed by atoms with Crippen molar-refractivity contribution in [1.29, 1.82) is 0 Å². The van der Waals surface area contributed by atoms with E-state index < -0.39 is 0 Å². The first-order valence-electron chi connectivity index (χ1n) is 8.46. The molecule has 22 heavy (non-hydrogen) atoms. The van der Waals surface area contributed by atoms with Crippen LogP contribution < -0.4 is 9.47 Å². The molecule has 0 aromatic heterocycles. The number of nitrogens with zero attached hydrogens (tertiary/aromatic N) is 1. The van der Waals surface area contributed by atoms with Gasteiger partial charge in [-0.25, -0.2) is 0 Å². The van der Waals surface area contributed by atoms with Gasteiger partial charge in [0.25, 0.3) is 0 Å². The lowest BCUT2D eigenvalue weighted by Gasteiger charge is -2.37. The van der Waals surface area contributed by atoms with Gasteiger partial charge in [-0.3, -0.25) is 4.90 Å². The molecule has 124 valence electrons. The number of piperidine rings is 1. The molecule has 1 aromatic rings. The molecule has 1 fully saturated rings. The predicted molar refractivity (Wildman–Crippen MR) is 91.8 cm³/mol. The van der Waals surface area contributed by atoms with Gasteiger partial charge in [0.1, 0.15) is 11.5 Å². The van der Waals surface area contributed by atoms with Crippen molar-refractivity contribution in [2.75, 3.05) is 27.3 Å². The van der Waals surface area contributed by atoms with E-state index in [4.69, 9.17) is 9.47 Å². The molecule has 1 heterocycles. The highest BCUT2D eigenvalue weighted by molar-refractivity contribution is 5.50. The Morgan fingerprint density at radius 2 is 1.77 bits per heavy atom. The van der Waals surface area contributed by atoms with Crippen LogP contribution >= 0.6 is 0 Å². The van der Waals surface area contributed by atoms with Crippen molar-refractivity contribution in [3.05, 3.63) is 23.3 Å². The van der Waals surface area contributed by atoms with Crippen molar-refractivity contribution in [2.24, 2.45) is 5.41 Å². The minimum absolute atomic E-state index is 0.494. The Kier molecular flexibility index (Phi) is 5.74. The van der Waals surface area contributed by atoms with E-state index in [1.54, 1.807) is 14.2 Å². The third kappa shape index (κ3) is 3.95. The molecule has 3 nitrogen and oxygen atoms in total. The number of likely N-dealkylation sites (tertiary alicyclic amines) is 1. The zero-order valence-corrected chi connectivity index (χ0v) is 14.9. The highest BCUT2D eigenvalue weighted by Crippen LogP contribution is 2.36. The number of methoxy groups -OCH3 is 2. The van der Waals surface area contributed by atoms with Crippen molar-refractivity contribution in [1.82, 2.24) is 4.90 Å². The van der Waals surface area contributed by atoms with Gasteiger partial charge in [0, 0.05) is 17.7 Å². The van der Waals surface area contributed by atoms with Gasteiger partial charge in [0.15, 0.2) is 0 Å². The average Bonchev–Trinajstić information content (AvgIpc) is 2.50. The first-order valence-corrected chi connectivity index (χ1v) is 8.46. The number of ether oxygens (including phenoxy) is 2. The summed E-state index contributed by atoms with van der Waals surface area (Å²) in [5, 5.41) is 0. The Hall–Kier alpha value is -1.22. The maximum absolute atomic E-state index is 5.75. The summed E-state index contributed by atoms with van der Waals surface area (Å²) in [4.78, 5) is 2.55. The highest BCUT2D eigenvalue weighted by Gasteiger charge is 2.26. The van der Waals surface area contributed by atoms with E-state index in [0.29, 0.717) is 5.41 Å². The number of benzene rings is 1. The summed E-state index contributed by atoms with van der Waals surface area (Å²) in [5.41, 5.74) is 2.99. The Bertz CT molecular complexity index is 486. The molecule has 1 aromatic carbocycles. The van der Waals surface area contributed by atoms with E-state index in [9.17, 15) is 0 Å². The van der Waals surface area contributed by atoms with Gasteiger partial charge >= 0.3 is 0 Å². The quantitative estimate of drug-likeness (QED) is 0.783. The summed E-state index contributed by atoms with van der Waals surface area (Å²) in [6.45, 7) is 10.3. The van der Waals surface area contributed by atoms with Gasteiger partial charge in [-0.2, -0.15) is 0 Å². The molecule has 3 heteroatoms. The van der Waals surface area contributed by atoms with Crippen LogP contribution in [0.1, 0.15) is 51.2 Å². The van der Waals surface area contributed by atoms with Crippen LogP contribution in [0.4, 0.5) is 0 Å². The summed E-state index contributed by atoms with van der Waals surface area (Å²) in [6, 6.07) is 4.26. The van der Waals surface area contributed by atoms with E-state index >= 15 is 0 Å². The van der Waals surface area contributed by atoms with E-state index in [0.717, 1.165) is 30.9 Å². The fourth-order valence-corrected chi connectivity index (χ4v) is 3.27. The normalized spacial score (nSPS) is 18.2. The van der Waals surface area contributed by atoms with E-state index in [1.165, 1.54) is 37.1 Å². The largest absolute Gasteiger partial charge is 0.496 e. The lowest BCUT2D eigenvalue weighted by atomic mass is 9.82. The van der Waals surface area contributed by atoms with Gasteiger partial charge in [-0.05, 0) is 43.8 Å². The Balaban J connectivity index is 2.18. The Labute approximate surface area is 135 Å².